The molecule has 0 bridgehead atoms. The van der Waals surface area contributed by atoms with Gasteiger partial charge >= 0.3 is 0 Å². The maximum absolute atomic E-state index is 11.3. The summed E-state index contributed by atoms with van der Waals surface area (Å²) in [5.74, 6) is 0.955. The van der Waals surface area contributed by atoms with Crippen molar-refractivity contribution in [3.63, 3.8) is 0 Å². The lowest BCUT2D eigenvalue weighted by Gasteiger charge is -2.15. The summed E-state index contributed by atoms with van der Waals surface area (Å²) in [4.78, 5) is 11.3. The van der Waals surface area contributed by atoms with Crippen molar-refractivity contribution in [1.82, 2.24) is 0 Å². The maximum atomic E-state index is 11.3. The Balaban J connectivity index is 2.59. The van der Waals surface area contributed by atoms with Gasteiger partial charge in [0.1, 0.15) is 0 Å². The Labute approximate surface area is 74.2 Å². The Morgan fingerprint density at radius 3 is 2.92 bits per heavy atom. The second-order valence-electron chi connectivity index (χ2n) is 3.47. The SMILES string of the molecule is C/C=C/C(=O)C1=CCC(C)CC1. The zero-order valence-electron chi connectivity index (χ0n) is 7.84. The van der Waals surface area contributed by atoms with Gasteiger partial charge in [-0.1, -0.05) is 19.1 Å². The molecule has 0 amide bonds. The van der Waals surface area contributed by atoms with Crippen LogP contribution in [0.25, 0.3) is 0 Å². The van der Waals surface area contributed by atoms with E-state index >= 15 is 0 Å². The molecule has 1 unspecified atom stereocenters. The number of rotatable bonds is 2. The number of allylic oxidation sites excluding steroid dienone is 4. The van der Waals surface area contributed by atoms with E-state index in [9.17, 15) is 4.79 Å². The number of carbonyl (C=O) groups is 1. The van der Waals surface area contributed by atoms with Crippen molar-refractivity contribution < 1.29 is 4.79 Å². The molecular weight excluding hydrogens is 148 g/mol. The summed E-state index contributed by atoms with van der Waals surface area (Å²) in [6.07, 6.45) is 8.75. The third-order valence-corrected chi connectivity index (χ3v) is 2.31. The zero-order chi connectivity index (χ0) is 8.97. The summed E-state index contributed by atoms with van der Waals surface area (Å²) in [6, 6.07) is 0. The lowest BCUT2D eigenvalue weighted by Crippen LogP contribution is -2.07. The number of hydrogen-bond acceptors (Lipinski definition) is 1. The highest BCUT2D eigenvalue weighted by Gasteiger charge is 2.13. The molecule has 0 fully saturated rings. The molecule has 1 heteroatoms. The highest BCUT2D eigenvalue weighted by atomic mass is 16.1. The summed E-state index contributed by atoms with van der Waals surface area (Å²) in [5.41, 5.74) is 1.01. The molecule has 0 N–H and O–H groups in total. The fourth-order valence-electron chi connectivity index (χ4n) is 1.45. The number of ketones is 1. The highest BCUT2D eigenvalue weighted by Crippen LogP contribution is 2.23. The summed E-state index contributed by atoms with van der Waals surface area (Å²) in [7, 11) is 0. The van der Waals surface area contributed by atoms with Crippen LogP contribution in [0.5, 0.6) is 0 Å². The molecule has 0 saturated carbocycles. The van der Waals surface area contributed by atoms with Gasteiger partial charge in [-0.25, -0.2) is 0 Å². The third kappa shape index (κ3) is 2.33. The molecule has 1 aliphatic rings. The van der Waals surface area contributed by atoms with Crippen molar-refractivity contribution in [3.05, 3.63) is 23.8 Å². The molecular formula is C11H16O. The molecule has 0 saturated heterocycles. The van der Waals surface area contributed by atoms with Crippen molar-refractivity contribution in [1.29, 1.82) is 0 Å². The van der Waals surface area contributed by atoms with Crippen molar-refractivity contribution in [3.8, 4) is 0 Å². The summed E-state index contributed by atoms with van der Waals surface area (Å²) >= 11 is 0. The normalized spacial score (nSPS) is 24.2. The lowest BCUT2D eigenvalue weighted by atomic mass is 9.89. The van der Waals surface area contributed by atoms with Crippen LogP contribution in [0.2, 0.25) is 0 Å². The monoisotopic (exact) mass is 164 g/mol. The molecule has 1 aliphatic carbocycles. The van der Waals surface area contributed by atoms with Gasteiger partial charge in [0.15, 0.2) is 5.78 Å². The van der Waals surface area contributed by atoms with Gasteiger partial charge in [0, 0.05) is 0 Å². The van der Waals surface area contributed by atoms with Crippen LogP contribution >= 0.6 is 0 Å². The van der Waals surface area contributed by atoms with Crippen LogP contribution < -0.4 is 0 Å². The van der Waals surface area contributed by atoms with Gasteiger partial charge in [0.05, 0.1) is 0 Å². The molecule has 0 aromatic rings. The standard InChI is InChI=1S/C11H16O/c1-3-4-11(12)10-7-5-9(2)6-8-10/h3-4,7,9H,5-6,8H2,1-2H3/b4-3+. The Morgan fingerprint density at radius 2 is 2.42 bits per heavy atom. The molecule has 12 heavy (non-hydrogen) atoms. The molecule has 0 spiro atoms. The minimum absolute atomic E-state index is 0.199. The average molecular weight is 164 g/mol. The zero-order valence-corrected chi connectivity index (χ0v) is 7.84. The van der Waals surface area contributed by atoms with Gasteiger partial charge in [-0.3, -0.25) is 4.79 Å². The van der Waals surface area contributed by atoms with Crippen molar-refractivity contribution in [2.45, 2.75) is 33.1 Å². The second-order valence-corrected chi connectivity index (χ2v) is 3.47. The molecule has 66 valence electrons. The third-order valence-electron chi connectivity index (χ3n) is 2.31. The minimum Gasteiger partial charge on any atom is -0.290 e. The van der Waals surface area contributed by atoms with Crippen LogP contribution in [0.3, 0.4) is 0 Å². The van der Waals surface area contributed by atoms with E-state index in [0.29, 0.717) is 0 Å². The Bertz CT molecular complexity index is 223. The Hall–Kier alpha value is -0.850. The second kappa shape index (κ2) is 4.24. The number of hydrogen-bond donors (Lipinski definition) is 0. The van der Waals surface area contributed by atoms with Crippen LogP contribution in [0.1, 0.15) is 33.1 Å². The molecule has 0 aromatic carbocycles. The minimum atomic E-state index is 0.199. The Kier molecular flexibility index (Phi) is 3.27. The highest BCUT2D eigenvalue weighted by molar-refractivity contribution is 6.03. The fourth-order valence-corrected chi connectivity index (χ4v) is 1.45. The molecule has 0 aromatic heterocycles. The van der Waals surface area contributed by atoms with E-state index in [-0.39, 0.29) is 5.78 Å². The van der Waals surface area contributed by atoms with Crippen molar-refractivity contribution in [2.24, 2.45) is 5.92 Å². The Morgan fingerprint density at radius 1 is 1.67 bits per heavy atom. The van der Waals surface area contributed by atoms with Gasteiger partial charge in [0.25, 0.3) is 0 Å². The van der Waals surface area contributed by atoms with Crippen LogP contribution in [0.15, 0.2) is 23.8 Å². The first-order valence-corrected chi connectivity index (χ1v) is 4.60. The molecule has 1 rings (SSSR count). The first-order chi connectivity index (χ1) is 5.74. The van der Waals surface area contributed by atoms with Gasteiger partial charge in [-0.15, -0.1) is 0 Å². The van der Waals surface area contributed by atoms with Crippen molar-refractivity contribution >= 4 is 5.78 Å². The topological polar surface area (TPSA) is 17.1 Å². The number of carbonyl (C=O) groups excluding carboxylic acids is 1. The lowest BCUT2D eigenvalue weighted by molar-refractivity contribution is -0.111. The van der Waals surface area contributed by atoms with Gasteiger partial charge in [-0.05, 0) is 43.8 Å². The molecule has 1 nitrogen and oxygen atoms in total. The first-order valence-electron chi connectivity index (χ1n) is 4.60. The smallest absolute Gasteiger partial charge is 0.181 e. The average Bonchev–Trinajstić information content (AvgIpc) is 2.06. The van der Waals surface area contributed by atoms with Crippen LogP contribution in [-0.4, -0.2) is 5.78 Å². The molecule has 0 aliphatic heterocycles. The van der Waals surface area contributed by atoms with Crippen LogP contribution in [0.4, 0.5) is 0 Å². The van der Waals surface area contributed by atoms with E-state index in [0.717, 1.165) is 30.8 Å². The quantitative estimate of drug-likeness (QED) is 0.573. The summed E-state index contributed by atoms with van der Waals surface area (Å²) in [5, 5.41) is 0. The van der Waals surface area contributed by atoms with E-state index in [2.05, 4.69) is 13.0 Å². The van der Waals surface area contributed by atoms with E-state index < -0.39 is 0 Å². The summed E-state index contributed by atoms with van der Waals surface area (Å²) < 4.78 is 0. The van der Waals surface area contributed by atoms with Crippen molar-refractivity contribution in [2.75, 3.05) is 0 Å². The van der Waals surface area contributed by atoms with E-state index in [1.165, 1.54) is 0 Å². The van der Waals surface area contributed by atoms with Gasteiger partial charge < -0.3 is 0 Å². The molecule has 1 atom stereocenters. The molecule has 0 radical (unpaired) electrons. The largest absolute Gasteiger partial charge is 0.290 e. The fraction of sp³-hybridized carbons (Fsp3) is 0.545. The van der Waals surface area contributed by atoms with E-state index in [4.69, 9.17) is 0 Å². The van der Waals surface area contributed by atoms with Gasteiger partial charge in [-0.2, -0.15) is 0 Å². The van der Waals surface area contributed by atoms with E-state index in [1.54, 1.807) is 12.2 Å². The predicted molar refractivity (Wildman–Crippen MR) is 50.9 cm³/mol. The van der Waals surface area contributed by atoms with E-state index in [1.807, 2.05) is 6.92 Å². The molecule has 0 heterocycles. The maximum Gasteiger partial charge on any atom is 0.181 e. The summed E-state index contributed by atoms with van der Waals surface area (Å²) in [6.45, 7) is 4.11. The predicted octanol–water partition coefficient (Wildman–Crippen LogP) is 2.88. The van der Waals surface area contributed by atoms with Gasteiger partial charge in [0.2, 0.25) is 0 Å². The van der Waals surface area contributed by atoms with Crippen LogP contribution in [-0.2, 0) is 4.79 Å². The first kappa shape index (κ1) is 9.24. The van der Waals surface area contributed by atoms with Crippen LogP contribution in [0, 0.1) is 5.92 Å².